The average Bonchev–Trinajstić information content (AvgIpc) is 2.71. The number of aliphatic hydroxyl groups excluding tert-OH is 1. The lowest BCUT2D eigenvalue weighted by atomic mass is 10.0. The zero-order chi connectivity index (χ0) is 20.4. The van der Waals surface area contributed by atoms with Crippen molar-refractivity contribution < 1.29 is 9.84 Å². The molecule has 0 aliphatic heterocycles. The van der Waals surface area contributed by atoms with E-state index in [9.17, 15) is 0 Å². The SMILES string of the molecule is CCCCCCCCCCCCCCCCCCCCCCOCCCCO. The van der Waals surface area contributed by atoms with Crippen molar-refractivity contribution in [2.45, 2.75) is 148 Å². The quantitative estimate of drug-likeness (QED) is 0.156. The molecule has 0 saturated heterocycles. The van der Waals surface area contributed by atoms with Crippen LogP contribution in [0.15, 0.2) is 0 Å². The molecule has 0 radical (unpaired) electrons. The van der Waals surface area contributed by atoms with Gasteiger partial charge in [0.2, 0.25) is 0 Å². The van der Waals surface area contributed by atoms with Gasteiger partial charge in [-0.2, -0.15) is 0 Å². The molecule has 0 bridgehead atoms. The summed E-state index contributed by atoms with van der Waals surface area (Å²) in [6, 6.07) is 0. The first-order chi connectivity index (χ1) is 13.9. The Morgan fingerprint density at radius 2 is 0.679 bits per heavy atom. The summed E-state index contributed by atoms with van der Waals surface area (Å²) in [5.41, 5.74) is 0. The molecule has 28 heavy (non-hydrogen) atoms. The van der Waals surface area contributed by atoms with Crippen LogP contribution in [0.4, 0.5) is 0 Å². The van der Waals surface area contributed by atoms with Gasteiger partial charge in [0.05, 0.1) is 0 Å². The lowest BCUT2D eigenvalue weighted by Gasteiger charge is -2.05. The monoisotopic (exact) mass is 398 g/mol. The van der Waals surface area contributed by atoms with Gasteiger partial charge in [0.1, 0.15) is 0 Å². The lowest BCUT2D eigenvalue weighted by molar-refractivity contribution is 0.121. The van der Waals surface area contributed by atoms with E-state index in [1.54, 1.807) is 0 Å². The summed E-state index contributed by atoms with van der Waals surface area (Å²) < 4.78 is 5.56. The number of hydrogen-bond acceptors (Lipinski definition) is 2. The minimum Gasteiger partial charge on any atom is -0.396 e. The predicted octanol–water partition coefficient (Wildman–Crippen LogP) is 8.60. The Balaban J connectivity index is 2.96. The van der Waals surface area contributed by atoms with E-state index in [1.165, 1.54) is 128 Å². The van der Waals surface area contributed by atoms with Crippen molar-refractivity contribution in [2.24, 2.45) is 0 Å². The van der Waals surface area contributed by atoms with Gasteiger partial charge in [-0.25, -0.2) is 0 Å². The van der Waals surface area contributed by atoms with Crippen molar-refractivity contribution in [1.29, 1.82) is 0 Å². The third kappa shape index (κ3) is 25.9. The fraction of sp³-hybridized carbons (Fsp3) is 1.00. The number of unbranched alkanes of at least 4 members (excludes halogenated alkanes) is 20. The van der Waals surface area contributed by atoms with Crippen molar-refractivity contribution >= 4 is 0 Å². The van der Waals surface area contributed by atoms with Crippen molar-refractivity contribution in [3.63, 3.8) is 0 Å². The molecule has 0 unspecified atom stereocenters. The molecule has 1 N–H and O–H groups in total. The molecule has 2 nitrogen and oxygen atoms in total. The summed E-state index contributed by atoms with van der Waals surface area (Å²) in [6.07, 6.45) is 30.4. The van der Waals surface area contributed by atoms with Gasteiger partial charge in [-0.05, 0) is 19.3 Å². The van der Waals surface area contributed by atoms with Crippen LogP contribution in [0.3, 0.4) is 0 Å². The minimum absolute atomic E-state index is 0.294. The summed E-state index contributed by atoms with van der Waals surface area (Å²) >= 11 is 0. The Labute approximate surface area is 178 Å². The van der Waals surface area contributed by atoms with Crippen molar-refractivity contribution in [2.75, 3.05) is 19.8 Å². The maximum atomic E-state index is 8.69. The van der Waals surface area contributed by atoms with Gasteiger partial charge < -0.3 is 9.84 Å². The molecule has 0 fully saturated rings. The van der Waals surface area contributed by atoms with Crippen LogP contribution in [0.2, 0.25) is 0 Å². The first-order valence-electron chi connectivity index (χ1n) is 13.1. The van der Waals surface area contributed by atoms with Crippen LogP contribution in [0.25, 0.3) is 0 Å². The summed E-state index contributed by atoms with van der Waals surface area (Å²) in [7, 11) is 0. The molecule has 0 aromatic carbocycles. The summed E-state index contributed by atoms with van der Waals surface area (Å²) in [5.74, 6) is 0. The van der Waals surface area contributed by atoms with Gasteiger partial charge >= 0.3 is 0 Å². The molecule has 0 amide bonds. The third-order valence-electron chi connectivity index (χ3n) is 5.84. The second kappa shape index (κ2) is 26.9. The number of rotatable bonds is 25. The van der Waals surface area contributed by atoms with E-state index in [-0.39, 0.29) is 0 Å². The molecule has 170 valence electrons. The number of hydrogen-bond donors (Lipinski definition) is 1. The zero-order valence-electron chi connectivity index (χ0n) is 19.5. The molecule has 0 aliphatic rings. The molecule has 0 spiro atoms. The molecule has 0 saturated carbocycles. The topological polar surface area (TPSA) is 29.5 Å². The van der Waals surface area contributed by atoms with Gasteiger partial charge in [0.15, 0.2) is 0 Å². The fourth-order valence-corrected chi connectivity index (χ4v) is 3.88. The average molecular weight is 399 g/mol. The molecule has 0 atom stereocenters. The third-order valence-corrected chi connectivity index (χ3v) is 5.84. The smallest absolute Gasteiger partial charge is 0.0466 e. The van der Waals surface area contributed by atoms with Crippen molar-refractivity contribution in [1.82, 2.24) is 0 Å². The first kappa shape index (κ1) is 27.9. The van der Waals surface area contributed by atoms with Crippen LogP contribution >= 0.6 is 0 Å². The van der Waals surface area contributed by atoms with E-state index in [0.717, 1.165) is 26.1 Å². The molecule has 0 aliphatic carbocycles. The van der Waals surface area contributed by atoms with Crippen LogP contribution in [-0.4, -0.2) is 24.9 Å². The Hall–Kier alpha value is -0.0800. The zero-order valence-corrected chi connectivity index (χ0v) is 19.5. The molecule has 0 aromatic rings. The number of aliphatic hydroxyl groups is 1. The first-order valence-corrected chi connectivity index (χ1v) is 13.1. The Bertz CT molecular complexity index is 229. The largest absolute Gasteiger partial charge is 0.396 e. The highest BCUT2D eigenvalue weighted by Crippen LogP contribution is 2.14. The van der Waals surface area contributed by atoms with E-state index in [1.807, 2.05) is 0 Å². The standard InChI is InChI=1S/C26H54O2/c1-2-3-4-5-6-7-8-9-10-11-12-13-14-15-16-17-18-19-20-22-25-28-26-23-21-24-27/h27H,2-26H2,1H3. The fourth-order valence-electron chi connectivity index (χ4n) is 3.88. The van der Waals surface area contributed by atoms with Crippen LogP contribution in [0.1, 0.15) is 148 Å². The predicted molar refractivity (Wildman–Crippen MR) is 125 cm³/mol. The van der Waals surface area contributed by atoms with Gasteiger partial charge in [-0.3, -0.25) is 0 Å². The second-order valence-electron chi connectivity index (χ2n) is 8.76. The van der Waals surface area contributed by atoms with Crippen molar-refractivity contribution in [3.05, 3.63) is 0 Å². The molecular formula is C26H54O2. The van der Waals surface area contributed by atoms with Crippen LogP contribution in [0.5, 0.6) is 0 Å². The van der Waals surface area contributed by atoms with E-state index >= 15 is 0 Å². The van der Waals surface area contributed by atoms with Gasteiger partial charge in [0, 0.05) is 19.8 Å². The van der Waals surface area contributed by atoms with Gasteiger partial charge in [-0.15, -0.1) is 0 Å². The molecule has 0 aromatic heterocycles. The summed E-state index contributed by atoms with van der Waals surface area (Å²) in [5, 5.41) is 8.69. The van der Waals surface area contributed by atoms with Crippen molar-refractivity contribution in [3.8, 4) is 0 Å². The summed E-state index contributed by atoms with van der Waals surface area (Å²) in [4.78, 5) is 0. The Morgan fingerprint density at radius 1 is 0.393 bits per heavy atom. The lowest BCUT2D eigenvalue weighted by Crippen LogP contribution is -1.98. The normalized spacial score (nSPS) is 11.4. The van der Waals surface area contributed by atoms with E-state index in [4.69, 9.17) is 9.84 Å². The maximum Gasteiger partial charge on any atom is 0.0466 e. The van der Waals surface area contributed by atoms with E-state index in [0.29, 0.717) is 6.61 Å². The molecule has 2 heteroatoms. The molecule has 0 rings (SSSR count). The summed E-state index contributed by atoms with van der Waals surface area (Å²) in [6.45, 7) is 4.32. The highest BCUT2D eigenvalue weighted by Gasteiger charge is 1.96. The molecular weight excluding hydrogens is 344 g/mol. The van der Waals surface area contributed by atoms with Crippen LogP contribution < -0.4 is 0 Å². The second-order valence-corrected chi connectivity index (χ2v) is 8.76. The highest BCUT2D eigenvalue weighted by molar-refractivity contribution is 4.51. The van der Waals surface area contributed by atoms with E-state index < -0.39 is 0 Å². The Kier molecular flexibility index (Phi) is 26.8. The van der Waals surface area contributed by atoms with Gasteiger partial charge in [0.25, 0.3) is 0 Å². The highest BCUT2D eigenvalue weighted by atomic mass is 16.5. The molecule has 0 heterocycles. The van der Waals surface area contributed by atoms with Crippen LogP contribution in [-0.2, 0) is 4.74 Å². The Morgan fingerprint density at radius 3 is 1.00 bits per heavy atom. The minimum atomic E-state index is 0.294. The van der Waals surface area contributed by atoms with E-state index in [2.05, 4.69) is 6.92 Å². The maximum absolute atomic E-state index is 8.69. The van der Waals surface area contributed by atoms with Crippen LogP contribution in [0, 0.1) is 0 Å². The van der Waals surface area contributed by atoms with Gasteiger partial charge in [-0.1, -0.05) is 129 Å². The number of ether oxygens (including phenoxy) is 1.